The minimum atomic E-state index is -4.74. The first-order chi connectivity index (χ1) is 10.7. The number of rotatable bonds is 4. The minimum absolute atomic E-state index is 0.0970. The van der Waals surface area contributed by atoms with Crippen LogP contribution < -0.4 is 10.4 Å². The van der Waals surface area contributed by atoms with E-state index in [1.165, 1.54) is 11.8 Å². The van der Waals surface area contributed by atoms with E-state index < -0.39 is 40.6 Å². The molecule has 128 valence electrons. The fourth-order valence-electron chi connectivity index (χ4n) is 2.13. The van der Waals surface area contributed by atoms with Crippen LogP contribution in [0.1, 0.15) is 18.9 Å². The highest BCUT2D eigenvalue weighted by Gasteiger charge is 2.40. The van der Waals surface area contributed by atoms with Gasteiger partial charge in [0.15, 0.2) is 12.0 Å². The first kappa shape index (κ1) is 18.2. The second-order valence-electron chi connectivity index (χ2n) is 4.74. The lowest BCUT2D eigenvalue weighted by Gasteiger charge is -2.20. The maximum Gasteiger partial charge on any atom is 0.430 e. The summed E-state index contributed by atoms with van der Waals surface area (Å²) >= 11 is 7.19. The molecule has 4 nitrogen and oxygen atoms in total. The van der Waals surface area contributed by atoms with Gasteiger partial charge in [-0.2, -0.15) is 30.4 Å². The molecule has 23 heavy (non-hydrogen) atoms. The number of carbonyl (C=O) groups is 1. The second-order valence-corrected chi connectivity index (χ2v) is 6.22. The molecular weight excluding hydrogens is 360 g/mol. The summed E-state index contributed by atoms with van der Waals surface area (Å²) in [6.07, 6.45) is -3.90. The molecule has 10 heteroatoms. The number of hydrogen-bond donors (Lipinski definition) is 1. The van der Waals surface area contributed by atoms with Crippen molar-refractivity contribution in [2.45, 2.75) is 31.0 Å². The zero-order valence-corrected chi connectivity index (χ0v) is 13.7. The predicted octanol–water partition coefficient (Wildman–Crippen LogP) is 4.43. The summed E-state index contributed by atoms with van der Waals surface area (Å²) in [6.45, 7) is 1.88. The van der Waals surface area contributed by atoms with Crippen LogP contribution in [0.15, 0.2) is 12.1 Å². The van der Waals surface area contributed by atoms with E-state index in [1.54, 1.807) is 0 Å². The zero-order chi connectivity index (χ0) is 17.4. The number of carbonyl (C=O) groups excluding carboxylic acids is 1. The van der Waals surface area contributed by atoms with Gasteiger partial charge in [0.2, 0.25) is 0 Å². The summed E-state index contributed by atoms with van der Waals surface area (Å²) in [6, 6.07) is 0.851. The Kier molecular flexibility index (Phi) is 5.32. The van der Waals surface area contributed by atoms with Gasteiger partial charge in [-0.25, -0.2) is 14.2 Å². The third-order valence-corrected chi connectivity index (χ3v) is 4.75. The number of thioether (sulfide) groups is 1. The van der Waals surface area contributed by atoms with Crippen LogP contribution in [-0.4, -0.2) is 23.8 Å². The van der Waals surface area contributed by atoms with Crippen molar-refractivity contribution >= 4 is 35.1 Å². The largest absolute Gasteiger partial charge is 0.430 e. The Morgan fingerprint density at radius 3 is 2.61 bits per heavy atom. The van der Waals surface area contributed by atoms with Gasteiger partial charge in [0.25, 0.3) is 0 Å². The van der Waals surface area contributed by atoms with E-state index in [4.69, 9.17) is 16.3 Å². The first-order valence-corrected chi connectivity index (χ1v) is 8.21. The van der Waals surface area contributed by atoms with Crippen molar-refractivity contribution in [1.29, 1.82) is 0 Å². The van der Waals surface area contributed by atoms with Crippen LogP contribution >= 0.6 is 23.4 Å². The molecule has 2 unspecified atom stereocenters. The number of halogens is 5. The summed E-state index contributed by atoms with van der Waals surface area (Å²) in [5.74, 6) is -1.27. The van der Waals surface area contributed by atoms with Crippen molar-refractivity contribution in [1.82, 2.24) is 5.43 Å². The van der Waals surface area contributed by atoms with E-state index in [0.717, 1.165) is 0 Å². The van der Waals surface area contributed by atoms with E-state index in [1.807, 2.05) is 13.2 Å². The maximum absolute atomic E-state index is 14.1. The fourth-order valence-corrected chi connectivity index (χ4v) is 3.12. The van der Waals surface area contributed by atoms with E-state index in [-0.39, 0.29) is 11.3 Å². The fraction of sp³-hybridized carbons (Fsp3) is 0.462. The predicted molar refractivity (Wildman–Crippen MR) is 79.9 cm³/mol. The molecule has 0 radical (unpaired) electrons. The number of hydrazine groups is 1. The Bertz CT molecular complexity index is 587. The summed E-state index contributed by atoms with van der Waals surface area (Å²) in [7, 11) is 0. The monoisotopic (exact) mass is 372 g/mol. The third kappa shape index (κ3) is 3.67. The van der Waals surface area contributed by atoms with E-state index >= 15 is 0 Å². The highest BCUT2D eigenvalue weighted by molar-refractivity contribution is 7.99. The standard InChI is InChI=1S/C13H13ClF4N2O2S/c1-3-9(23-2)11-19-20(12(21)22-11)10-7(14)4-6(5-8(10)15)13(16,17)18/h4-5,9,11,19H,3H2,1-2H3. The van der Waals surface area contributed by atoms with Crippen LogP contribution in [0.25, 0.3) is 0 Å². The van der Waals surface area contributed by atoms with Crippen molar-refractivity contribution in [3.63, 3.8) is 0 Å². The second kappa shape index (κ2) is 6.74. The molecule has 1 amide bonds. The molecule has 1 saturated heterocycles. The number of nitrogens with zero attached hydrogens (tertiary/aromatic N) is 1. The molecule has 1 N–H and O–H groups in total. The van der Waals surface area contributed by atoms with Crippen molar-refractivity contribution in [3.8, 4) is 0 Å². The zero-order valence-electron chi connectivity index (χ0n) is 12.1. The Morgan fingerprint density at radius 1 is 1.48 bits per heavy atom. The van der Waals surface area contributed by atoms with Crippen molar-refractivity contribution < 1.29 is 27.1 Å². The number of hydrogen-bond acceptors (Lipinski definition) is 4. The van der Waals surface area contributed by atoms with Gasteiger partial charge in [0.1, 0.15) is 5.69 Å². The molecule has 0 bridgehead atoms. The third-order valence-electron chi connectivity index (χ3n) is 3.28. The van der Waals surface area contributed by atoms with Gasteiger partial charge in [0.05, 0.1) is 15.8 Å². The van der Waals surface area contributed by atoms with Gasteiger partial charge in [0, 0.05) is 0 Å². The van der Waals surface area contributed by atoms with Gasteiger partial charge in [-0.15, -0.1) is 0 Å². The molecule has 1 fully saturated rings. The molecule has 2 atom stereocenters. The van der Waals surface area contributed by atoms with Crippen molar-refractivity contribution in [3.05, 3.63) is 28.5 Å². The summed E-state index contributed by atoms with van der Waals surface area (Å²) in [5, 5.41) is 0.0568. The van der Waals surface area contributed by atoms with Crippen LogP contribution in [0.3, 0.4) is 0 Å². The molecular formula is C13H13ClF4N2O2S. The average Bonchev–Trinajstić information content (AvgIpc) is 2.80. The molecule has 1 aliphatic rings. The van der Waals surface area contributed by atoms with Gasteiger partial charge in [-0.05, 0) is 24.8 Å². The van der Waals surface area contributed by atoms with Gasteiger partial charge in [-0.1, -0.05) is 18.5 Å². The molecule has 1 aromatic rings. The SMILES string of the molecule is CCC(SC)C1NN(c2c(F)cc(C(F)(F)F)cc2Cl)C(=O)O1. The number of ether oxygens (including phenoxy) is 1. The molecule has 1 aliphatic heterocycles. The summed E-state index contributed by atoms with van der Waals surface area (Å²) in [4.78, 5) is 11.9. The van der Waals surface area contributed by atoms with E-state index in [9.17, 15) is 22.4 Å². The number of alkyl halides is 3. The molecule has 0 saturated carbocycles. The lowest BCUT2D eigenvalue weighted by atomic mass is 10.2. The average molecular weight is 373 g/mol. The highest BCUT2D eigenvalue weighted by Crippen LogP contribution is 2.38. The Balaban J connectivity index is 2.34. The Morgan fingerprint density at radius 2 is 2.13 bits per heavy atom. The lowest BCUT2D eigenvalue weighted by molar-refractivity contribution is -0.137. The molecule has 0 spiro atoms. The number of nitrogens with one attached hydrogen (secondary N) is 1. The minimum Gasteiger partial charge on any atom is -0.426 e. The molecule has 1 heterocycles. The molecule has 1 aromatic carbocycles. The van der Waals surface area contributed by atoms with Gasteiger partial charge >= 0.3 is 12.3 Å². The lowest BCUT2D eigenvalue weighted by Crippen LogP contribution is -2.42. The summed E-state index contributed by atoms with van der Waals surface area (Å²) < 4.78 is 57.1. The maximum atomic E-state index is 14.1. The number of benzene rings is 1. The topological polar surface area (TPSA) is 41.6 Å². The quantitative estimate of drug-likeness (QED) is 0.794. The number of cyclic esters (lactones) is 1. The number of anilines is 1. The van der Waals surface area contributed by atoms with Crippen LogP contribution in [0.2, 0.25) is 5.02 Å². The molecule has 0 aliphatic carbocycles. The van der Waals surface area contributed by atoms with Gasteiger partial charge in [-0.3, -0.25) is 0 Å². The molecule has 0 aromatic heterocycles. The summed E-state index contributed by atoms with van der Waals surface area (Å²) in [5.41, 5.74) is 0.904. The van der Waals surface area contributed by atoms with Crippen LogP contribution in [0.5, 0.6) is 0 Å². The van der Waals surface area contributed by atoms with Crippen molar-refractivity contribution in [2.24, 2.45) is 0 Å². The normalized spacial score (nSPS) is 19.9. The first-order valence-electron chi connectivity index (χ1n) is 6.55. The Hall–Kier alpha value is -1.19. The van der Waals surface area contributed by atoms with E-state index in [2.05, 4.69) is 5.43 Å². The smallest absolute Gasteiger partial charge is 0.426 e. The van der Waals surface area contributed by atoms with Crippen LogP contribution in [-0.2, 0) is 10.9 Å². The Labute approximate surface area is 139 Å². The van der Waals surface area contributed by atoms with Crippen LogP contribution in [0.4, 0.5) is 28.0 Å². The molecule has 2 rings (SSSR count). The number of amides is 1. The van der Waals surface area contributed by atoms with Gasteiger partial charge < -0.3 is 4.74 Å². The van der Waals surface area contributed by atoms with E-state index in [0.29, 0.717) is 17.5 Å². The van der Waals surface area contributed by atoms with Crippen molar-refractivity contribution in [2.75, 3.05) is 11.3 Å². The highest BCUT2D eigenvalue weighted by atomic mass is 35.5. The van der Waals surface area contributed by atoms with Crippen LogP contribution in [0, 0.1) is 5.82 Å².